The number of hydrogen-bond acceptors (Lipinski definition) is 8. The van der Waals surface area contributed by atoms with E-state index in [9.17, 15) is 13.2 Å². The number of nitrogens with zero attached hydrogens (tertiary/aromatic N) is 2. The van der Waals surface area contributed by atoms with E-state index < -0.39 is 10.1 Å². The van der Waals surface area contributed by atoms with Crippen LogP contribution in [-0.2, 0) is 14.3 Å². The second-order valence-electron chi connectivity index (χ2n) is 9.96. The van der Waals surface area contributed by atoms with E-state index in [4.69, 9.17) is 14.2 Å². The summed E-state index contributed by atoms with van der Waals surface area (Å²) in [6.07, 6.45) is 0. The largest absolute Gasteiger partial charge is 0.322 e. The maximum atomic E-state index is 13.0. The molecule has 0 aliphatic rings. The van der Waals surface area contributed by atoms with E-state index in [1.54, 1.807) is 24.3 Å². The Morgan fingerprint density at radius 1 is 0.791 bits per heavy atom. The van der Waals surface area contributed by atoms with Crippen molar-refractivity contribution in [3.05, 3.63) is 108 Å². The van der Waals surface area contributed by atoms with Crippen LogP contribution >= 0.6 is 22.7 Å². The molecule has 212 valence electrons. The third-order valence-electron chi connectivity index (χ3n) is 7.24. The zero-order valence-corrected chi connectivity index (χ0v) is 25.4. The molecular formula is C33H23N3O4S3. The van der Waals surface area contributed by atoms with Crippen LogP contribution < -0.4 is 5.32 Å². The molecule has 0 unspecified atom stereocenters. The first-order valence-electron chi connectivity index (χ1n) is 13.3. The van der Waals surface area contributed by atoms with Gasteiger partial charge in [0.2, 0.25) is 0 Å². The summed E-state index contributed by atoms with van der Waals surface area (Å²) >= 11 is 2.89. The molecule has 10 heteroatoms. The summed E-state index contributed by atoms with van der Waals surface area (Å²) in [5.74, 6) is -0.158. The van der Waals surface area contributed by atoms with Crippen LogP contribution in [0.2, 0.25) is 0 Å². The quantitative estimate of drug-likeness (QED) is 0.188. The lowest BCUT2D eigenvalue weighted by Crippen LogP contribution is -2.12. The lowest BCUT2D eigenvalue weighted by molar-refractivity contribution is 0.102. The van der Waals surface area contributed by atoms with Gasteiger partial charge in [-0.2, -0.15) is 8.42 Å². The van der Waals surface area contributed by atoms with E-state index >= 15 is 0 Å². The smallest absolute Gasteiger partial charge is 0.298 e. The van der Waals surface area contributed by atoms with E-state index in [2.05, 4.69) is 5.32 Å². The molecular weight excluding hydrogens is 599 g/mol. The zero-order valence-electron chi connectivity index (χ0n) is 23.0. The number of carbonyl (C=O) groups is 1. The summed E-state index contributed by atoms with van der Waals surface area (Å²) in [6.45, 7) is 1.75. The van der Waals surface area contributed by atoms with E-state index in [1.165, 1.54) is 18.4 Å². The molecule has 2 aromatic heterocycles. The van der Waals surface area contributed by atoms with Crippen LogP contribution in [0.3, 0.4) is 0 Å². The van der Waals surface area contributed by atoms with Gasteiger partial charge in [0.15, 0.2) is 0 Å². The number of rotatable bonds is 6. The van der Waals surface area contributed by atoms with Gasteiger partial charge in [-0.15, -0.1) is 22.7 Å². The third kappa shape index (κ3) is 4.98. The molecule has 0 atom stereocenters. The number of hydrogen-bond donors (Lipinski definition) is 1. The van der Waals surface area contributed by atoms with E-state index in [-0.39, 0.29) is 10.8 Å². The maximum Gasteiger partial charge on any atom is 0.298 e. The van der Waals surface area contributed by atoms with Gasteiger partial charge in [-0.05, 0) is 77.9 Å². The zero-order chi connectivity index (χ0) is 29.7. The maximum absolute atomic E-state index is 13.0. The molecule has 0 fully saturated rings. The first kappa shape index (κ1) is 27.4. The molecule has 0 aliphatic carbocycles. The van der Waals surface area contributed by atoms with Crippen LogP contribution in [0.1, 0.15) is 15.9 Å². The predicted octanol–water partition coefficient (Wildman–Crippen LogP) is 8.29. The normalized spacial score (nSPS) is 11.9. The second kappa shape index (κ2) is 10.7. The molecule has 0 saturated heterocycles. The van der Waals surface area contributed by atoms with Crippen molar-refractivity contribution in [3.63, 3.8) is 0 Å². The number of fused-ring (bicyclic) bond motifs is 3. The number of aryl methyl sites for hydroxylation is 1. The minimum atomic E-state index is -3.88. The van der Waals surface area contributed by atoms with E-state index in [0.717, 1.165) is 42.1 Å². The molecule has 7 aromatic rings. The van der Waals surface area contributed by atoms with Crippen LogP contribution in [0.15, 0.2) is 102 Å². The minimum absolute atomic E-state index is 0.158. The Kier molecular flexibility index (Phi) is 6.78. The average Bonchev–Trinajstić information content (AvgIpc) is 3.65. The summed E-state index contributed by atoms with van der Waals surface area (Å²) in [5.41, 5.74) is 5.24. The molecule has 1 amide bonds. The van der Waals surface area contributed by atoms with Crippen molar-refractivity contribution in [3.8, 4) is 21.1 Å². The Hall–Kier alpha value is -4.48. The van der Waals surface area contributed by atoms with Gasteiger partial charge in [0, 0.05) is 22.4 Å². The first-order chi connectivity index (χ1) is 20.8. The van der Waals surface area contributed by atoms with Crippen molar-refractivity contribution in [2.45, 2.75) is 11.8 Å². The predicted molar refractivity (Wildman–Crippen MR) is 175 cm³/mol. The Morgan fingerprint density at radius 2 is 1.49 bits per heavy atom. The number of anilines is 1. The van der Waals surface area contributed by atoms with Crippen LogP contribution in [0.5, 0.6) is 0 Å². The summed E-state index contributed by atoms with van der Waals surface area (Å²) in [5, 5.41) is 6.51. The summed E-state index contributed by atoms with van der Waals surface area (Å²) in [6, 6.07) is 30.7. The first-order valence-corrected chi connectivity index (χ1v) is 16.4. The fourth-order valence-corrected chi connectivity index (χ4v) is 8.54. The summed E-state index contributed by atoms with van der Waals surface area (Å²) in [7, 11) is -2.71. The Labute approximate surface area is 255 Å². The molecule has 0 spiro atoms. The highest BCUT2D eigenvalue weighted by molar-refractivity contribution is 7.87. The number of thiazole rings is 2. The molecule has 7 nitrogen and oxygen atoms in total. The Morgan fingerprint density at radius 3 is 2.30 bits per heavy atom. The van der Waals surface area contributed by atoms with Gasteiger partial charge in [-0.3, -0.25) is 8.98 Å². The molecule has 0 saturated carbocycles. The Bertz CT molecular complexity index is 2300. The van der Waals surface area contributed by atoms with Crippen LogP contribution in [0, 0.1) is 6.92 Å². The fourth-order valence-electron chi connectivity index (χ4n) is 5.08. The minimum Gasteiger partial charge on any atom is -0.322 e. The highest BCUT2D eigenvalue weighted by Crippen LogP contribution is 2.39. The standard InChI is InChI=1S/C33H23N3O4S3/c1-19-10-16-27-29(30(19)43(38,39)40-2)42-33(36-27)22-13-17-26-28(18-22)41-32(35-26)21-11-14-23(15-12-21)34-31(37)25-9-5-7-20-6-3-4-8-24(20)25/h3-18H,1-2H3,(H,34,37). The lowest BCUT2D eigenvalue weighted by Gasteiger charge is -2.08. The van der Waals surface area contributed by atoms with Crippen molar-refractivity contribution < 1.29 is 17.4 Å². The fraction of sp³-hybridized carbons (Fsp3) is 0.0606. The van der Waals surface area contributed by atoms with Crippen molar-refractivity contribution in [1.82, 2.24) is 9.97 Å². The molecule has 2 heterocycles. The van der Waals surface area contributed by atoms with Gasteiger partial charge in [-0.25, -0.2) is 9.97 Å². The van der Waals surface area contributed by atoms with Crippen molar-refractivity contribution in [1.29, 1.82) is 0 Å². The number of benzene rings is 5. The van der Waals surface area contributed by atoms with Crippen molar-refractivity contribution >= 4 is 75.6 Å². The van der Waals surface area contributed by atoms with Crippen LogP contribution in [0.25, 0.3) is 52.3 Å². The monoisotopic (exact) mass is 621 g/mol. The van der Waals surface area contributed by atoms with Crippen LogP contribution in [0.4, 0.5) is 5.69 Å². The SMILES string of the molecule is COS(=O)(=O)c1c(C)ccc2nc(-c3ccc4nc(-c5ccc(NC(=O)c6cccc7ccccc67)cc5)sc4c3)sc12. The Balaban J connectivity index is 1.16. The number of carbonyl (C=O) groups excluding carboxylic acids is 1. The molecule has 1 N–H and O–H groups in total. The van der Waals surface area contributed by atoms with Crippen molar-refractivity contribution in [2.24, 2.45) is 0 Å². The highest BCUT2D eigenvalue weighted by Gasteiger charge is 2.23. The van der Waals surface area contributed by atoms with Gasteiger partial charge < -0.3 is 5.32 Å². The van der Waals surface area contributed by atoms with Crippen LogP contribution in [-0.4, -0.2) is 31.4 Å². The number of amides is 1. The topological polar surface area (TPSA) is 98.2 Å². The van der Waals surface area contributed by atoms with Crippen molar-refractivity contribution in [2.75, 3.05) is 12.4 Å². The summed E-state index contributed by atoms with van der Waals surface area (Å²) in [4.78, 5) is 22.8. The molecule has 0 aliphatic heterocycles. The lowest BCUT2D eigenvalue weighted by atomic mass is 10.0. The van der Waals surface area contributed by atoms with E-state index in [1.807, 2.05) is 91.0 Å². The van der Waals surface area contributed by atoms with Gasteiger partial charge in [0.05, 0.1) is 27.5 Å². The second-order valence-corrected chi connectivity index (χ2v) is 13.6. The molecule has 43 heavy (non-hydrogen) atoms. The molecule has 5 aromatic carbocycles. The highest BCUT2D eigenvalue weighted by atomic mass is 32.2. The number of nitrogens with one attached hydrogen (secondary N) is 1. The van der Waals surface area contributed by atoms with E-state index in [0.29, 0.717) is 27.0 Å². The van der Waals surface area contributed by atoms with Gasteiger partial charge in [0.25, 0.3) is 16.0 Å². The van der Waals surface area contributed by atoms with Gasteiger partial charge in [0.1, 0.15) is 14.9 Å². The van der Waals surface area contributed by atoms with Gasteiger partial charge in [-0.1, -0.05) is 42.5 Å². The average molecular weight is 622 g/mol. The summed E-state index contributed by atoms with van der Waals surface area (Å²) < 4.78 is 31.6. The molecule has 7 rings (SSSR count). The van der Waals surface area contributed by atoms with Gasteiger partial charge >= 0.3 is 0 Å². The molecule has 0 radical (unpaired) electrons. The molecule has 0 bridgehead atoms. The third-order valence-corrected chi connectivity index (χ3v) is 11.0. The number of aromatic nitrogens is 2.